The van der Waals surface area contributed by atoms with Gasteiger partial charge in [-0.15, -0.1) is 0 Å². The summed E-state index contributed by atoms with van der Waals surface area (Å²) in [5.41, 5.74) is -0.595. The average Bonchev–Trinajstić information content (AvgIpc) is 2.28. The molecule has 0 aliphatic heterocycles. The van der Waals surface area contributed by atoms with Crippen molar-refractivity contribution >= 4 is 11.8 Å². The van der Waals surface area contributed by atoms with Crippen LogP contribution in [-0.2, 0) is 9.59 Å². The Hall–Kier alpha value is -1.10. The lowest BCUT2D eigenvalue weighted by Gasteiger charge is -2.24. The van der Waals surface area contributed by atoms with Crippen molar-refractivity contribution < 1.29 is 9.59 Å². The predicted molar refractivity (Wildman–Crippen MR) is 73.3 cm³/mol. The highest BCUT2D eigenvalue weighted by molar-refractivity contribution is 5.86. The van der Waals surface area contributed by atoms with Crippen molar-refractivity contribution in [1.29, 1.82) is 0 Å². The highest BCUT2D eigenvalue weighted by Gasteiger charge is 2.25. The molecule has 0 saturated heterocycles. The van der Waals surface area contributed by atoms with Crippen LogP contribution < -0.4 is 16.0 Å². The SMILES string of the molecule is CCNC(C)(C)C(=O)NCCC(=O)NC(C)CC. The molecule has 0 spiro atoms. The minimum absolute atomic E-state index is 0.0223. The molecule has 5 heteroatoms. The number of carbonyl (C=O) groups excluding carboxylic acids is 2. The molecule has 18 heavy (non-hydrogen) atoms. The Bertz CT molecular complexity index is 277. The molecule has 2 amide bonds. The maximum atomic E-state index is 11.8. The largest absolute Gasteiger partial charge is 0.354 e. The molecule has 1 atom stereocenters. The van der Waals surface area contributed by atoms with Crippen molar-refractivity contribution in [2.45, 2.75) is 59.0 Å². The van der Waals surface area contributed by atoms with Crippen LogP contribution >= 0.6 is 0 Å². The Morgan fingerprint density at radius 3 is 2.33 bits per heavy atom. The Morgan fingerprint density at radius 2 is 1.83 bits per heavy atom. The summed E-state index contributed by atoms with van der Waals surface area (Å²) in [7, 11) is 0. The monoisotopic (exact) mass is 257 g/mol. The molecule has 0 bridgehead atoms. The molecule has 0 rings (SSSR count). The van der Waals surface area contributed by atoms with Gasteiger partial charge < -0.3 is 16.0 Å². The van der Waals surface area contributed by atoms with E-state index in [9.17, 15) is 9.59 Å². The van der Waals surface area contributed by atoms with E-state index in [-0.39, 0.29) is 17.9 Å². The predicted octanol–water partition coefficient (Wildman–Crippen LogP) is 0.795. The van der Waals surface area contributed by atoms with Gasteiger partial charge in [-0.1, -0.05) is 13.8 Å². The van der Waals surface area contributed by atoms with E-state index in [1.165, 1.54) is 0 Å². The highest BCUT2D eigenvalue weighted by Crippen LogP contribution is 2.01. The molecule has 0 aromatic carbocycles. The minimum atomic E-state index is -0.595. The topological polar surface area (TPSA) is 70.2 Å². The molecule has 0 fully saturated rings. The van der Waals surface area contributed by atoms with Crippen molar-refractivity contribution in [1.82, 2.24) is 16.0 Å². The van der Waals surface area contributed by atoms with Gasteiger partial charge in [0.25, 0.3) is 0 Å². The first-order valence-corrected chi connectivity index (χ1v) is 6.66. The van der Waals surface area contributed by atoms with Gasteiger partial charge in [-0.05, 0) is 33.7 Å². The zero-order valence-corrected chi connectivity index (χ0v) is 12.2. The zero-order valence-electron chi connectivity index (χ0n) is 12.2. The molecule has 0 aromatic rings. The Labute approximate surface area is 110 Å². The zero-order chi connectivity index (χ0) is 14.2. The molecule has 3 N–H and O–H groups in total. The summed E-state index contributed by atoms with van der Waals surface area (Å²) in [6, 6.07) is 0.186. The van der Waals surface area contributed by atoms with Crippen molar-refractivity contribution in [3.63, 3.8) is 0 Å². The maximum absolute atomic E-state index is 11.8. The van der Waals surface area contributed by atoms with Crippen LogP contribution in [0.25, 0.3) is 0 Å². The third-order valence-electron chi connectivity index (χ3n) is 2.84. The van der Waals surface area contributed by atoms with Crippen molar-refractivity contribution in [3.8, 4) is 0 Å². The minimum Gasteiger partial charge on any atom is -0.354 e. The maximum Gasteiger partial charge on any atom is 0.239 e. The Balaban J connectivity index is 3.91. The number of nitrogens with one attached hydrogen (secondary N) is 3. The van der Waals surface area contributed by atoms with Gasteiger partial charge in [0.15, 0.2) is 0 Å². The molecule has 5 nitrogen and oxygen atoms in total. The fraction of sp³-hybridized carbons (Fsp3) is 0.846. The molecule has 106 valence electrons. The third kappa shape index (κ3) is 6.59. The molecule has 0 aromatic heterocycles. The van der Waals surface area contributed by atoms with E-state index in [0.717, 1.165) is 13.0 Å². The van der Waals surface area contributed by atoms with Crippen LogP contribution in [0.3, 0.4) is 0 Å². The smallest absolute Gasteiger partial charge is 0.239 e. The van der Waals surface area contributed by atoms with E-state index >= 15 is 0 Å². The molecule has 0 aliphatic carbocycles. The van der Waals surface area contributed by atoms with Crippen LogP contribution in [0.2, 0.25) is 0 Å². The van der Waals surface area contributed by atoms with Crippen LogP contribution in [-0.4, -0.2) is 36.5 Å². The lowest BCUT2D eigenvalue weighted by atomic mass is 10.0. The number of amides is 2. The summed E-state index contributed by atoms with van der Waals surface area (Å²) >= 11 is 0. The van der Waals surface area contributed by atoms with E-state index in [4.69, 9.17) is 0 Å². The molecule has 0 aliphatic rings. The summed E-state index contributed by atoms with van der Waals surface area (Å²) in [5, 5.41) is 8.72. The fourth-order valence-corrected chi connectivity index (χ4v) is 1.48. The Kier molecular flexibility index (Phi) is 7.59. The first-order valence-electron chi connectivity index (χ1n) is 6.66. The molecular formula is C13H27N3O2. The number of carbonyl (C=O) groups is 2. The van der Waals surface area contributed by atoms with E-state index in [0.29, 0.717) is 13.0 Å². The molecular weight excluding hydrogens is 230 g/mol. The van der Waals surface area contributed by atoms with Crippen molar-refractivity contribution in [3.05, 3.63) is 0 Å². The first-order chi connectivity index (χ1) is 8.33. The highest BCUT2D eigenvalue weighted by atomic mass is 16.2. The molecule has 0 saturated carbocycles. The van der Waals surface area contributed by atoms with Gasteiger partial charge in [-0.3, -0.25) is 9.59 Å². The quantitative estimate of drug-likeness (QED) is 0.602. The number of hydrogen-bond donors (Lipinski definition) is 3. The normalized spacial score (nSPS) is 12.9. The number of rotatable bonds is 8. The average molecular weight is 257 g/mol. The summed E-state index contributed by atoms with van der Waals surface area (Å²) in [6.45, 7) is 10.7. The van der Waals surface area contributed by atoms with E-state index in [2.05, 4.69) is 16.0 Å². The van der Waals surface area contributed by atoms with Crippen LogP contribution in [0.5, 0.6) is 0 Å². The standard InChI is InChI=1S/C13H27N3O2/c1-6-10(3)16-11(17)8-9-14-12(18)13(4,5)15-7-2/h10,15H,6-9H2,1-5H3,(H,14,18)(H,16,17). The molecule has 1 unspecified atom stereocenters. The lowest BCUT2D eigenvalue weighted by molar-refractivity contribution is -0.126. The van der Waals surface area contributed by atoms with Crippen molar-refractivity contribution in [2.75, 3.05) is 13.1 Å². The van der Waals surface area contributed by atoms with Gasteiger partial charge in [0.2, 0.25) is 11.8 Å². The summed E-state index contributed by atoms with van der Waals surface area (Å²) in [6.07, 6.45) is 1.23. The molecule has 0 radical (unpaired) electrons. The van der Waals surface area contributed by atoms with Crippen LogP contribution in [0.15, 0.2) is 0 Å². The van der Waals surface area contributed by atoms with E-state index in [1.54, 1.807) is 0 Å². The van der Waals surface area contributed by atoms with Gasteiger partial charge in [0.05, 0.1) is 5.54 Å². The summed E-state index contributed by atoms with van der Waals surface area (Å²) in [5.74, 6) is -0.105. The van der Waals surface area contributed by atoms with Crippen LogP contribution in [0.1, 0.15) is 47.5 Å². The summed E-state index contributed by atoms with van der Waals surface area (Å²) < 4.78 is 0. The second kappa shape index (κ2) is 8.08. The van der Waals surface area contributed by atoms with Crippen LogP contribution in [0, 0.1) is 0 Å². The lowest BCUT2D eigenvalue weighted by Crippen LogP contribution is -2.53. The number of likely N-dealkylation sites (N-methyl/N-ethyl adjacent to an activating group) is 1. The van der Waals surface area contributed by atoms with Gasteiger partial charge in [0.1, 0.15) is 0 Å². The van der Waals surface area contributed by atoms with Crippen LogP contribution in [0.4, 0.5) is 0 Å². The van der Waals surface area contributed by atoms with E-state index < -0.39 is 5.54 Å². The summed E-state index contributed by atoms with van der Waals surface area (Å²) in [4.78, 5) is 23.3. The Morgan fingerprint density at radius 1 is 1.22 bits per heavy atom. The van der Waals surface area contributed by atoms with Gasteiger partial charge in [0, 0.05) is 19.0 Å². The van der Waals surface area contributed by atoms with Gasteiger partial charge >= 0.3 is 0 Å². The second-order valence-corrected chi connectivity index (χ2v) is 5.04. The van der Waals surface area contributed by atoms with E-state index in [1.807, 2.05) is 34.6 Å². The second-order valence-electron chi connectivity index (χ2n) is 5.04. The third-order valence-corrected chi connectivity index (χ3v) is 2.84. The van der Waals surface area contributed by atoms with Gasteiger partial charge in [-0.25, -0.2) is 0 Å². The number of hydrogen-bond acceptors (Lipinski definition) is 3. The fourth-order valence-electron chi connectivity index (χ4n) is 1.48. The molecule has 0 heterocycles. The first kappa shape index (κ1) is 16.9. The van der Waals surface area contributed by atoms with Crippen molar-refractivity contribution in [2.24, 2.45) is 0 Å². The van der Waals surface area contributed by atoms with Gasteiger partial charge in [-0.2, -0.15) is 0 Å².